The third-order valence-electron chi connectivity index (χ3n) is 5.49. The van der Waals surface area contributed by atoms with Crippen molar-refractivity contribution in [1.29, 1.82) is 0 Å². The van der Waals surface area contributed by atoms with Crippen LogP contribution in [0.15, 0.2) is 30.3 Å². The number of aromatic nitrogens is 2. The minimum atomic E-state index is -0.577. The van der Waals surface area contributed by atoms with Crippen LogP contribution in [-0.2, 0) is 13.0 Å². The summed E-state index contributed by atoms with van der Waals surface area (Å²) in [6.07, 6.45) is 1.17. The van der Waals surface area contributed by atoms with Crippen LogP contribution >= 0.6 is 11.6 Å². The van der Waals surface area contributed by atoms with Crippen LogP contribution < -0.4 is 0 Å². The number of hydrogen-bond donors (Lipinski definition) is 1. The topological polar surface area (TPSA) is 69.6 Å². The van der Waals surface area contributed by atoms with Crippen LogP contribution in [0.1, 0.15) is 33.9 Å². The third-order valence-corrected chi connectivity index (χ3v) is 5.68. The molecule has 2 aliphatic rings. The number of halogens is 1. The first-order valence-corrected chi connectivity index (χ1v) is 9.68. The van der Waals surface area contributed by atoms with Crippen LogP contribution in [0.3, 0.4) is 0 Å². The van der Waals surface area contributed by atoms with Crippen LogP contribution in [0.25, 0.3) is 0 Å². The van der Waals surface area contributed by atoms with E-state index in [4.69, 9.17) is 11.6 Å². The van der Waals surface area contributed by atoms with Gasteiger partial charge in [0.2, 0.25) is 0 Å². The van der Waals surface area contributed by atoms with Crippen LogP contribution in [0, 0.1) is 6.92 Å². The third kappa shape index (κ3) is 3.83. The number of benzene rings is 1. The van der Waals surface area contributed by atoms with Crippen molar-refractivity contribution in [3.05, 3.63) is 58.1 Å². The SMILES string of the molecule is Cc1nc(Cl)cc(C(=O)N2CC[C@@H](N3CCc4ccccc4C3)[C@H](O)C2)n1. The highest BCUT2D eigenvalue weighted by atomic mass is 35.5. The number of nitrogens with zero attached hydrogens (tertiary/aromatic N) is 4. The number of β-amino-alcohol motifs (C(OH)–C–C–N with tert-alkyl or cyclic N) is 1. The molecular weight excluding hydrogens is 364 g/mol. The van der Waals surface area contributed by atoms with Gasteiger partial charge in [0, 0.05) is 38.3 Å². The number of aliphatic hydroxyl groups excluding tert-OH is 1. The molecule has 1 aromatic heterocycles. The van der Waals surface area contributed by atoms with Gasteiger partial charge >= 0.3 is 0 Å². The molecule has 2 atom stereocenters. The lowest BCUT2D eigenvalue weighted by molar-refractivity contribution is -0.0139. The van der Waals surface area contributed by atoms with E-state index in [2.05, 4.69) is 39.1 Å². The molecule has 142 valence electrons. The number of aryl methyl sites for hydroxylation is 1. The Kier molecular flexibility index (Phi) is 5.12. The maximum absolute atomic E-state index is 12.7. The zero-order valence-electron chi connectivity index (χ0n) is 15.3. The van der Waals surface area contributed by atoms with Gasteiger partial charge in [-0.3, -0.25) is 9.69 Å². The van der Waals surface area contributed by atoms with Crippen molar-refractivity contribution >= 4 is 17.5 Å². The summed E-state index contributed by atoms with van der Waals surface area (Å²) in [7, 11) is 0. The molecule has 0 radical (unpaired) electrons. The molecule has 1 saturated heterocycles. The van der Waals surface area contributed by atoms with Gasteiger partial charge in [0.1, 0.15) is 16.7 Å². The number of likely N-dealkylation sites (tertiary alicyclic amines) is 1. The van der Waals surface area contributed by atoms with Gasteiger partial charge < -0.3 is 10.0 Å². The predicted octanol–water partition coefficient (Wildman–Crippen LogP) is 2.07. The summed E-state index contributed by atoms with van der Waals surface area (Å²) in [4.78, 5) is 24.9. The fourth-order valence-electron chi connectivity index (χ4n) is 4.13. The molecule has 0 bridgehead atoms. The molecule has 1 N–H and O–H groups in total. The van der Waals surface area contributed by atoms with Gasteiger partial charge in [-0.1, -0.05) is 35.9 Å². The zero-order chi connectivity index (χ0) is 19.0. The van der Waals surface area contributed by atoms with E-state index in [1.54, 1.807) is 11.8 Å². The highest BCUT2D eigenvalue weighted by molar-refractivity contribution is 6.29. The van der Waals surface area contributed by atoms with E-state index >= 15 is 0 Å². The lowest BCUT2D eigenvalue weighted by atomic mass is 9.94. The van der Waals surface area contributed by atoms with Crippen LogP contribution in [-0.4, -0.2) is 62.6 Å². The molecule has 1 fully saturated rings. The first-order valence-electron chi connectivity index (χ1n) is 9.30. The molecule has 2 aliphatic heterocycles. The first kappa shape index (κ1) is 18.3. The van der Waals surface area contributed by atoms with Crippen molar-refractivity contribution in [3.63, 3.8) is 0 Å². The summed E-state index contributed by atoms with van der Waals surface area (Å²) in [5.74, 6) is 0.261. The number of fused-ring (bicyclic) bond motifs is 1. The van der Waals surface area contributed by atoms with E-state index < -0.39 is 6.10 Å². The number of carbonyl (C=O) groups excluding carboxylic acids is 1. The standard InChI is InChI=1S/C20H23ClN4O2/c1-13-22-16(10-19(21)23-13)20(27)25-9-7-17(18(26)12-25)24-8-6-14-4-2-3-5-15(14)11-24/h2-5,10,17-18,26H,6-9,11-12H2,1H3/t17-,18-/m1/s1. The van der Waals surface area contributed by atoms with E-state index in [0.29, 0.717) is 18.9 Å². The Bertz CT molecular complexity index is 839. The summed E-state index contributed by atoms with van der Waals surface area (Å²) < 4.78 is 0. The Balaban J connectivity index is 1.43. The second kappa shape index (κ2) is 7.54. The Morgan fingerprint density at radius 3 is 2.74 bits per heavy atom. The molecule has 3 heterocycles. The number of rotatable bonds is 2. The Morgan fingerprint density at radius 2 is 2.00 bits per heavy atom. The average Bonchev–Trinajstić information content (AvgIpc) is 2.66. The number of carbonyl (C=O) groups is 1. The van der Waals surface area contributed by atoms with Gasteiger partial charge in [-0.2, -0.15) is 0 Å². The van der Waals surface area contributed by atoms with E-state index in [1.807, 2.05) is 0 Å². The largest absolute Gasteiger partial charge is 0.390 e. The van der Waals surface area contributed by atoms with Crippen molar-refractivity contribution in [2.24, 2.45) is 0 Å². The Hall–Kier alpha value is -2.02. The number of piperidine rings is 1. The fourth-order valence-corrected chi connectivity index (χ4v) is 4.36. The van der Waals surface area contributed by atoms with Crippen molar-refractivity contribution < 1.29 is 9.90 Å². The monoisotopic (exact) mass is 386 g/mol. The molecular formula is C20H23ClN4O2. The molecule has 7 heteroatoms. The zero-order valence-corrected chi connectivity index (χ0v) is 16.1. The molecule has 2 aromatic rings. The van der Waals surface area contributed by atoms with E-state index in [9.17, 15) is 9.90 Å². The van der Waals surface area contributed by atoms with Crippen molar-refractivity contribution in [2.45, 2.75) is 38.5 Å². The van der Waals surface area contributed by atoms with Crippen molar-refractivity contribution in [3.8, 4) is 0 Å². The lowest BCUT2D eigenvalue weighted by Gasteiger charge is -2.43. The molecule has 1 aromatic carbocycles. The summed E-state index contributed by atoms with van der Waals surface area (Å²) in [6, 6.07) is 10.0. The minimum Gasteiger partial charge on any atom is -0.390 e. The molecule has 0 aliphatic carbocycles. The molecule has 27 heavy (non-hydrogen) atoms. The van der Waals surface area contributed by atoms with Gasteiger partial charge in [0.15, 0.2) is 0 Å². The quantitative estimate of drug-likeness (QED) is 0.800. The van der Waals surface area contributed by atoms with Gasteiger partial charge in [0.25, 0.3) is 5.91 Å². The smallest absolute Gasteiger partial charge is 0.272 e. The second-order valence-corrected chi connectivity index (χ2v) is 7.67. The number of hydrogen-bond acceptors (Lipinski definition) is 5. The maximum Gasteiger partial charge on any atom is 0.272 e. The summed E-state index contributed by atoms with van der Waals surface area (Å²) in [5.41, 5.74) is 3.01. The minimum absolute atomic E-state index is 0.0677. The van der Waals surface area contributed by atoms with Crippen molar-refractivity contribution in [1.82, 2.24) is 19.8 Å². The fraction of sp³-hybridized carbons (Fsp3) is 0.450. The molecule has 0 unspecified atom stereocenters. The lowest BCUT2D eigenvalue weighted by Crippen LogP contribution is -2.56. The van der Waals surface area contributed by atoms with Gasteiger partial charge in [0.05, 0.1) is 6.10 Å². The molecule has 0 spiro atoms. The predicted molar refractivity (Wildman–Crippen MR) is 103 cm³/mol. The van der Waals surface area contributed by atoms with Crippen LogP contribution in [0.4, 0.5) is 0 Å². The van der Waals surface area contributed by atoms with E-state index in [1.165, 1.54) is 17.2 Å². The van der Waals surface area contributed by atoms with E-state index in [-0.39, 0.29) is 22.8 Å². The van der Waals surface area contributed by atoms with Crippen LogP contribution in [0.5, 0.6) is 0 Å². The Morgan fingerprint density at radius 1 is 1.22 bits per heavy atom. The summed E-state index contributed by atoms with van der Waals surface area (Å²) in [5, 5.41) is 11.0. The molecule has 0 saturated carbocycles. The average molecular weight is 387 g/mol. The van der Waals surface area contributed by atoms with E-state index in [0.717, 1.165) is 25.9 Å². The highest BCUT2D eigenvalue weighted by Crippen LogP contribution is 2.25. The van der Waals surface area contributed by atoms with Crippen LogP contribution in [0.2, 0.25) is 5.15 Å². The number of amides is 1. The summed E-state index contributed by atoms with van der Waals surface area (Å²) in [6.45, 7) is 4.40. The van der Waals surface area contributed by atoms with Gasteiger partial charge in [-0.15, -0.1) is 0 Å². The summed E-state index contributed by atoms with van der Waals surface area (Å²) >= 11 is 5.95. The maximum atomic E-state index is 12.7. The first-order chi connectivity index (χ1) is 13.0. The number of aliphatic hydroxyl groups is 1. The normalized spacial score (nSPS) is 23.1. The molecule has 1 amide bonds. The molecule has 6 nitrogen and oxygen atoms in total. The van der Waals surface area contributed by atoms with Gasteiger partial charge in [-0.05, 0) is 30.9 Å². The van der Waals surface area contributed by atoms with Crippen molar-refractivity contribution in [2.75, 3.05) is 19.6 Å². The highest BCUT2D eigenvalue weighted by Gasteiger charge is 2.35. The Labute approximate surface area is 163 Å². The van der Waals surface area contributed by atoms with Gasteiger partial charge in [-0.25, -0.2) is 9.97 Å². The second-order valence-electron chi connectivity index (χ2n) is 7.29. The molecule has 4 rings (SSSR count).